The van der Waals surface area contributed by atoms with Crippen LogP contribution in [0.15, 0.2) is 73.2 Å². The van der Waals surface area contributed by atoms with Gasteiger partial charge in [-0.25, -0.2) is 4.98 Å². The number of hydrogen-bond donors (Lipinski definition) is 2. The summed E-state index contributed by atoms with van der Waals surface area (Å²) in [5, 5.41) is 11.7. The van der Waals surface area contributed by atoms with Gasteiger partial charge in [-0.1, -0.05) is 48.5 Å². The molecule has 0 radical (unpaired) electrons. The summed E-state index contributed by atoms with van der Waals surface area (Å²) in [4.78, 5) is 25.0. The van der Waals surface area contributed by atoms with Crippen LogP contribution in [0.4, 0.5) is 5.69 Å². The number of carbonyl (C=O) groups excluding carboxylic acids is 1. The molecule has 3 aromatic carbocycles. The number of rotatable bonds is 4. The zero-order chi connectivity index (χ0) is 21.2. The van der Waals surface area contributed by atoms with E-state index in [1.54, 1.807) is 6.33 Å². The molecule has 2 N–H and O–H groups in total. The number of nitrogens with one attached hydrogen (secondary N) is 1. The van der Waals surface area contributed by atoms with Crippen LogP contribution in [0.25, 0.3) is 10.8 Å². The highest BCUT2D eigenvalue weighted by molar-refractivity contribution is 6.07. The molecule has 0 fully saturated rings. The molecule has 0 saturated carbocycles. The molecule has 6 nitrogen and oxygen atoms in total. The maximum absolute atomic E-state index is 13.6. The van der Waals surface area contributed by atoms with Gasteiger partial charge in [-0.15, -0.1) is 24.8 Å². The van der Waals surface area contributed by atoms with E-state index in [0.717, 1.165) is 38.8 Å². The summed E-state index contributed by atoms with van der Waals surface area (Å²) in [6.07, 6.45) is 3.49. The third-order valence-electron chi connectivity index (χ3n) is 5.90. The zero-order valence-corrected chi connectivity index (χ0v) is 19.6. The predicted octanol–water partition coefficient (Wildman–Crippen LogP) is 4.56. The SMILES string of the molecule is Cl.Cl.O=C(c1cccc2ccccc12)N1CCN(Cc2cnc[nH]2)c2cc(CO)ccc2C1. The minimum atomic E-state index is -0.0101. The normalized spacial score (nSPS) is 13.0. The Hall–Kier alpha value is -3.06. The van der Waals surface area contributed by atoms with Crippen LogP contribution < -0.4 is 4.90 Å². The Morgan fingerprint density at radius 3 is 2.64 bits per heavy atom. The lowest BCUT2D eigenvalue weighted by molar-refractivity contribution is 0.0753. The molecule has 0 bridgehead atoms. The van der Waals surface area contributed by atoms with Gasteiger partial charge in [0.2, 0.25) is 0 Å². The number of anilines is 1. The van der Waals surface area contributed by atoms with Crippen LogP contribution in [-0.2, 0) is 19.7 Å². The number of imidazole rings is 1. The van der Waals surface area contributed by atoms with E-state index in [9.17, 15) is 9.90 Å². The predicted molar refractivity (Wildman–Crippen MR) is 135 cm³/mol. The first kappa shape index (κ1) is 24.6. The monoisotopic (exact) mass is 484 g/mol. The second-order valence-corrected chi connectivity index (χ2v) is 7.87. The first-order valence-corrected chi connectivity index (χ1v) is 10.4. The van der Waals surface area contributed by atoms with E-state index in [2.05, 4.69) is 14.9 Å². The van der Waals surface area contributed by atoms with Crippen molar-refractivity contribution in [2.75, 3.05) is 18.0 Å². The van der Waals surface area contributed by atoms with E-state index in [1.165, 1.54) is 0 Å². The van der Waals surface area contributed by atoms with Gasteiger partial charge in [0.15, 0.2) is 0 Å². The van der Waals surface area contributed by atoms with Gasteiger partial charge in [0, 0.05) is 37.1 Å². The fourth-order valence-electron chi connectivity index (χ4n) is 4.28. The molecule has 33 heavy (non-hydrogen) atoms. The van der Waals surface area contributed by atoms with Crippen molar-refractivity contribution in [1.29, 1.82) is 0 Å². The van der Waals surface area contributed by atoms with Crippen LogP contribution in [0.1, 0.15) is 27.2 Å². The van der Waals surface area contributed by atoms with Crippen molar-refractivity contribution in [2.24, 2.45) is 0 Å². The van der Waals surface area contributed by atoms with Crippen molar-refractivity contribution in [3.8, 4) is 0 Å². The average Bonchev–Trinajstić information content (AvgIpc) is 3.26. The van der Waals surface area contributed by atoms with Gasteiger partial charge >= 0.3 is 0 Å². The van der Waals surface area contributed by atoms with Crippen molar-refractivity contribution in [3.63, 3.8) is 0 Å². The summed E-state index contributed by atoms with van der Waals surface area (Å²) in [6.45, 7) is 2.49. The van der Waals surface area contributed by atoms with Crippen LogP contribution in [-0.4, -0.2) is 39.0 Å². The third-order valence-corrected chi connectivity index (χ3v) is 5.90. The average molecular weight is 485 g/mol. The van der Waals surface area contributed by atoms with E-state index >= 15 is 0 Å². The van der Waals surface area contributed by atoms with Crippen LogP contribution in [0, 0.1) is 0 Å². The van der Waals surface area contributed by atoms with Crippen molar-refractivity contribution in [3.05, 3.63) is 95.6 Å². The Labute approximate surface area is 205 Å². The number of aromatic nitrogens is 2. The topological polar surface area (TPSA) is 72.5 Å². The van der Waals surface area contributed by atoms with E-state index in [-0.39, 0.29) is 37.3 Å². The summed E-state index contributed by atoms with van der Waals surface area (Å²) in [6, 6.07) is 19.9. The number of aliphatic hydroxyl groups excluding tert-OH is 1. The maximum Gasteiger partial charge on any atom is 0.254 e. The van der Waals surface area contributed by atoms with Crippen LogP contribution >= 0.6 is 24.8 Å². The highest BCUT2D eigenvalue weighted by Gasteiger charge is 2.25. The van der Waals surface area contributed by atoms with Gasteiger partial charge in [0.05, 0.1) is 25.2 Å². The largest absolute Gasteiger partial charge is 0.392 e. The summed E-state index contributed by atoms with van der Waals surface area (Å²) in [5.74, 6) is 0.0392. The van der Waals surface area contributed by atoms with E-state index < -0.39 is 0 Å². The summed E-state index contributed by atoms with van der Waals surface area (Å²) in [7, 11) is 0. The molecule has 1 aliphatic rings. The second kappa shape index (κ2) is 10.7. The van der Waals surface area contributed by atoms with Gasteiger partial charge in [0.1, 0.15) is 0 Å². The first-order valence-electron chi connectivity index (χ1n) is 10.4. The Morgan fingerprint density at radius 2 is 1.85 bits per heavy atom. The maximum atomic E-state index is 13.6. The molecule has 0 atom stereocenters. The van der Waals surface area contributed by atoms with Gasteiger partial charge < -0.3 is 19.9 Å². The molecule has 8 heteroatoms. The second-order valence-electron chi connectivity index (χ2n) is 7.87. The lowest BCUT2D eigenvalue weighted by atomic mass is 10.0. The van der Waals surface area contributed by atoms with Crippen molar-refractivity contribution >= 4 is 47.2 Å². The number of fused-ring (bicyclic) bond motifs is 2. The molecule has 1 aromatic heterocycles. The van der Waals surface area contributed by atoms with Gasteiger partial charge in [-0.3, -0.25) is 4.79 Å². The standard InChI is InChI=1S/C25H24N4O2.2ClH/c30-16-18-8-9-20-14-29(11-10-28(24(20)12-18)15-21-13-26-17-27-21)25(31)23-7-3-5-19-4-1-2-6-22(19)23;;/h1-9,12-13,17,30H,10-11,14-16H2,(H,26,27);2*1H. The molecule has 0 spiro atoms. The fourth-order valence-corrected chi connectivity index (χ4v) is 4.28. The Bertz CT molecular complexity index is 1230. The molecule has 0 unspecified atom stereocenters. The molecular weight excluding hydrogens is 459 g/mol. The highest BCUT2D eigenvalue weighted by Crippen LogP contribution is 2.29. The molecule has 0 aliphatic carbocycles. The Kier molecular flexibility index (Phi) is 7.97. The van der Waals surface area contributed by atoms with Crippen molar-refractivity contribution in [1.82, 2.24) is 14.9 Å². The number of carbonyl (C=O) groups is 1. The summed E-state index contributed by atoms with van der Waals surface area (Å²) in [5.41, 5.74) is 4.72. The number of halogens is 2. The molecule has 5 rings (SSSR count). The highest BCUT2D eigenvalue weighted by atomic mass is 35.5. The number of nitrogens with zero attached hydrogens (tertiary/aromatic N) is 3. The quantitative estimate of drug-likeness (QED) is 0.445. The molecule has 4 aromatic rings. The molecule has 1 amide bonds. The van der Waals surface area contributed by atoms with Crippen molar-refractivity contribution < 1.29 is 9.90 Å². The first-order chi connectivity index (χ1) is 15.2. The Balaban J connectivity index is 0.00000153. The number of H-pyrrole nitrogens is 1. The smallest absolute Gasteiger partial charge is 0.254 e. The molecule has 0 saturated heterocycles. The summed E-state index contributed by atoms with van der Waals surface area (Å²) < 4.78 is 0. The number of benzene rings is 3. The van der Waals surface area contributed by atoms with Crippen LogP contribution in [0.5, 0.6) is 0 Å². The number of amides is 1. The molecular formula is C25H26Cl2N4O2. The molecule has 2 heterocycles. The van der Waals surface area contributed by atoms with Crippen LogP contribution in [0.2, 0.25) is 0 Å². The lowest BCUT2D eigenvalue weighted by Crippen LogP contribution is -2.35. The number of aromatic amines is 1. The van der Waals surface area contributed by atoms with E-state index in [0.29, 0.717) is 26.2 Å². The van der Waals surface area contributed by atoms with Crippen molar-refractivity contribution in [2.45, 2.75) is 19.7 Å². The number of hydrogen-bond acceptors (Lipinski definition) is 4. The zero-order valence-electron chi connectivity index (χ0n) is 18.0. The molecule has 1 aliphatic heterocycles. The Morgan fingerprint density at radius 1 is 1.03 bits per heavy atom. The van der Waals surface area contributed by atoms with Crippen LogP contribution in [0.3, 0.4) is 0 Å². The molecule has 172 valence electrons. The number of aliphatic hydroxyl groups is 1. The van der Waals surface area contributed by atoms with Gasteiger partial charge in [-0.05, 0) is 34.0 Å². The van der Waals surface area contributed by atoms with Gasteiger partial charge in [-0.2, -0.15) is 0 Å². The van der Waals surface area contributed by atoms with Gasteiger partial charge in [0.25, 0.3) is 5.91 Å². The van der Waals surface area contributed by atoms with E-state index in [1.807, 2.05) is 71.8 Å². The lowest BCUT2D eigenvalue weighted by Gasteiger charge is -2.25. The summed E-state index contributed by atoms with van der Waals surface area (Å²) >= 11 is 0. The minimum absolute atomic E-state index is 0. The fraction of sp³-hybridized carbons (Fsp3) is 0.200. The van der Waals surface area contributed by atoms with E-state index in [4.69, 9.17) is 0 Å². The third kappa shape index (κ3) is 4.98. The minimum Gasteiger partial charge on any atom is -0.392 e.